The maximum absolute atomic E-state index is 5.91. The maximum atomic E-state index is 5.91. The number of rotatable bonds is 4. The molecule has 0 bridgehead atoms. The average Bonchev–Trinajstić information content (AvgIpc) is 3.02. The van der Waals surface area contributed by atoms with E-state index in [9.17, 15) is 0 Å². The largest absolute Gasteiger partial charge is 0.378 e. The van der Waals surface area contributed by atoms with Crippen molar-refractivity contribution in [2.24, 2.45) is 0 Å². The molecule has 1 aromatic rings. The van der Waals surface area contributed by atoms with Crippen LogP contribution in [0.4, 0.5) is 17.8 Å². The first-order valence-electron chi connectivity index (χ1n) is 7.89. The summed E-state index contributed by atoms with van der Waals surface area (Å²) in [6.07, 6.45) is 5.01. The first-order valence-corrected chi connectivity index (χ1v) is 7.89. The Bertz CT molecular complexity index is 471. The zero-order chi connectivity index (χ0) is 14.7. The van der Waals surface area contributed by atoms with Crippen molar-refractivity contribution in [1.82, 2.24) is 15.0 Å². The minimum Gasteiger partial charge on any atom is -0.378 e. The van der Waals surface area contributed by atoms with E-state index in [-0.39, 0.29) is 0 Å². The van der Waals surface area contributed by atoms with E-state index in [2.05, 4.69) is 31.7 Å². The lowest BCUT2D eigenvalue weighted by Gasteiger charge is -2.30. The van der Waals surface area contributed by atoms with Gasteiger partial charge < -0.3 is 20.3 Å². The van der Waals surface area contributed by atoms with Gasteiger partial charge >= 0.3 is 0 Å². The maximum Gasteiger partial charge on any atom is 0.232 e. The number of aromatic nitrogens is 3. The van der Waals surface area contributed by atoms with Gasteiger partial charge in [0.05, 0.1) is 13.2 Å². The van der Waals surface area contributed by atoms with Gasteiger partial charge in [-0.1, -0.05) is 12.8 Å². The zero-order valence-corrected chi connectivity index (χ0v) is 12.7. The fourth-order valence-corrected chi connectivity index (χ4v) is 3.18. The van der Waals surface area contributed by atoms with Crippen LogP contribution in [0.1, 0.15) is 32.6 Å². The molecular weight excluding hydrogens is 268 g/mol. The lowest BCUT2D eigenvalue weighted by Crippen LogP contribution is -2.39. The van der Waals surface area contributed by atoms with Crippen LogP contribution in [-0.2, 0) is 4.74 Å². The van der Waals surface area contributed by atoms with E-state index >= 15 is 0 Å². The molecule has 0 radical (unpaired) electrons. The van der Waals surface area contributed by atoms with Gasteiger partial charge in [-0.25, -0.2) is 0 Å². The average molecular weight is 292 g/mol. The quantitative estimate of drug-likeness (QED) is 0.888. The van der Waals surface area contributed by atoms with E-state index in [1.807, 2.05) is 0 Å². The number of morpholine rings is 1. The summed E-state index contributed by atoms with van der Waals surface area (Å²) in [6, 6.07) is 0.536. The van der Waals surface area contributed by atoms with E-state index in [1.54, 1.807) is 0 Å². The van der Waals surface area contributed by atoms with Crippen LogP contribution in [0.3, 0.4) is 0 Å². The van der Waals surface area contributed by atoms with Crippen LogP contribution in [0.5, 0.6) is 0 Å². The third-order valence-corrected chi connectivity index (χ3v) is 4.29. The Morgan fingerprint density at radius 3 is 2.57 bits per heavy atom. The second kappa shape index (κ2) is 6.43. The van der Waals surface area contributed by atoms with Crippen LogP contribution in [-0.4, -0.2) is 53.8 Å². The van der Waals surface area contributed by atoms with E-state index in [0.29, 0.717) is 31.2 Å². The number of nitrogens with zero attached hydrogens (tertiary/aromatic N) is 5. The predicted molar refractivity (Wildman–Crippen MR) is 82.5 cm³/mol. The molecule has 1 saturated carbocycles. The highest BCUT2D eigenvalue weighted by Gasteiger charge is 2.25. The molecule has 0 unspecified atom stereocenters. The predicted octanol–water partition coefficient (Wildman–Crippen LogP) is 1.06. The van der Waals surface area contributed by atoms with Crippen molar-refractivity contribution in [1.29, 1.82) is 0 Å². The van der Waals surface area contributed by atoms with Gasteiger partial charge in [-0.2, -0.15) is 15.0 Å². The summed E-state index contributed by atoms with van der Waals surface area (Å²) in [4.78, 5) is 17.7. The molecule has 3 rings (SSSR count). The van der Waals surface area contributed by atoms with Crippen LogP contribution in [0.15, 0.2) is 0 Å². The van der Waals surface area contributed by atoms with Gasteiger partial charge in [0.2, 0.25) is 17.8 Å². The second-order valence-corrected chi connectivity index (χ2v) is 5.62. The Morgan fingerprint density at radius 1 is 1.19 bits per heavy atom. The Kier molecular flexibility index (Phi) is 4.38. The molecule has 1 aliphatic carbocycles. The topological polar surface area (TPSA) is 80.4 Å². The minimum absolute atomic E-state index is 0.304. The van der Waals surface area contributed by atoms with E-state index in [4.69, 9.17) is 10.5 Å². The smallest absolute Gasteiger partial charge is 0.232 e. The van der Waals surface area contributed by atoms with Crippen LogP contribution >= 0.6 is 0 Å². The van der Waals surface area contributed by atoms with Crippen molar-refractivity contribution in [2.45, 2.75) is 38.6 Å². The summed E-state index contributed by atoms with van der Waals surface area (Å²) in [5, 5.41) is 0. The SMILES string of the molecule is CCN(c1nc(N)nc(N2CCOCC2)n1)C1CCCC1. The molecule has 0 atom stereocenters. The van der Waals surface area contributed by atoms with Crippen molar-refractivity contribution >= 4 is 17.8 Å². The molecule has 2 N–H and O–H groups in total. The van der Waals surface area contributed by atoms with E-state index in [0.717, 1.165) is 25.6 Å². The first-order chi connectivity index (χ1) is 10.3. The van der Waals surface area contributed by atoms with Gasteiger partial charge in [-0.3, -0.25) is 0 Å². The molecule has 7 heteroatoms. The van der Waals surface area contributed by atoms with Crippen molar-refractivity contribution in [3.05, 3.63) is 0 Å². The van der Waals surface area contributed by atoms with E-state index in [1.165, 1.54) is 25.7 Å². The highest BCUT2D eigenvalue weighted by Crippen LogP contribution is 2.27. The van der Waals surface area contributed by atoms with Gasteiger partial charge in [0.1, 0.15) is 0 Å². The molecule has 1 aliphatic heterocycles. The number of anilines is 3. The van der Waals surface area contributed by atoms with Crippen molar-refractivity contribution < 1.29 is 4.74 Å². The minimum atomic E-state index is 0.304. The van der Waals surface area contributed by atoms with Crippen molar-refractivity contribution in [2.75, 3.05) is 48.4 Å². The summed E-state index contributed by atoms with van der Waals surface area (Å²) in [5.74, 6) is 1.70. The molecule has 1 saturated heterocycles. The fraction of sp³-hybridized carbons (Fsp3) is 0.786. The Labute approximate surface area is 125 Å². The fourth-order valence-electron chi connectivity index (χ4n) is 3.18. The lowest BCUT2D eigenvalue weighted by atomic mass is 10.2. The Balaban J connectivity index is 1.85. The molecule has 0 spiro atoms. The summed E-state index contributed by atoms with van der Waals surface area (Å²) in [6.45, 7) is 6.07. The van der Waals surface area contributed by atoms with E-state index < -0.39 is 0 Å². The molecule has 116 valence electrons. The summed E-state index contributed by atoms with van der Waals surface area (Å²) >= 11 is 0. The standard InChI is InChI=1S/C14H24N6O/c1-2-20(11-5-3-4-6-11)14-17-12(15)16-13(18-14)19-7-9-21-10-8-19/h11H,2-10H2,1H3,(H2,15,16,17,18). The molecular formula is C14H24N6O. The highest BCUT2D eigenvalue weighted by atomic mass is 16.5. The lowest BCUT2D eigenvalue weighted by molar-refractivity contribution is 0.122. The highest BCUT2D eigenvalue weighted by molar-refractivity contribution is 5.44. The van der Waals surface area contributed by atoms with Crippen LogP contribution < -0.4 is 15.5 Å². The van der Waals surface area contributed by atoms with Gasteiger partial charge in [0.15, 0.2) is 0 Å². The molecule has 0 amide bonds. The zero-order valence-electron chi connectivity index (χ0n) is 12.7. The Morgan fingerprint density at radius 2 is 1.90 bits per heavy atom. The van der Waals surface area contributed by atoms with Crippen molar-refractivity contribution in [3.63, 3.8) is 0 Å². The molecule has 2 heterocycles. The molecule has 21 heavy (non-hydrogen) atoms. The van der Waals surface area contributed by atoms with Crippen molar-refractivity contribution in [3.8, 4) is 0 Å². The Hall–Kier alpha value is -1.63. The van der Waals surface area contributed by atoms with Crippen LogP contribution in [0.2, 0.25) is 0 Å². The monoisotopic (exact) mass is 292 g/mol. The van der Waals surface area contributed by atoms with Crippen LogP contribution in [0.25, 0.3) is 0 Å². The molecule has 7 nitrogen and oxygen atoms in total. The molecule has 2 fully saturated rings. The summed E-state index contributed by atoms with van der Waals surface area (Å²) < 4.78 is 5.38. The van der Waals surface area contributed by atoms with Gasteiger partial charge in [-0.15, -0.1) is 0 Å². The number of ether oxygens (including phenoxy) is 1. The summed E-state index contributed by atoms with van der Waals surface area (Å²) in [7, 11) is 0. The third-order valence-electron chi connectivity index (χ3n) is 4.29. The third kappa shape index (κ3) is 3.18. The molecule has 2 aliphatic rings. The normalized spacial score (nSPS) is 20.0. The van der Waals surface area contributed by atoms with Gasteiger partial charge in [-0.05, 0) is 19.8 Å². The second-order valence-electron chi connectivity index (χ2n) is 5.62. The molecule has 0 aromatic carbocycles. The number of hydrogen-bond donors (Lipinski definition) is 1. The number of nitrogen functional groups attached to an aromatic ring is 1. The van der Waals surface area contributed by atoms with Crippen LogP contribution in [0, 0.1) is 0 Å². The molecule has 1 aromatic heterocycles. The first kappa shape index (κ1) is 14.3. The summed E-state index contributed by atoms with van der Waals surface area (Å²) in [5.41, 5.74) is 5.91. The number of hydrogen-bond acceptors (Lipinski definition) is 7. The number of nitrogens with two attached hydrogens (primary N) is 1. The van der Waals surface area contributed by atoms with Gasteiger partial charge in [0, 0.05) is 25.7 Å². The van der Waals surface area contributed by atoms with Gasteiger partial charge in [0.25, 0.3) is 0 Å².